The first-order chi connectivity index (χ1) is 9.66. The average molecular weight is 396 g/mol. The van der Waals surface area contributed by atoms with Crippen molar-refractivity contribution in [2.45, 2.75) is 13.0 Å². The topological polar surface area (TPSA) is 42.2 Å². The van der Waals surface area contributed by atoms with Crippen LogP contribution in [0.1, 0.15) is 18.5 Å². The lowest BCUT2D eigenvalue weighted by molar-refractivity contribution is 0.862. The maximum atomic E-state index is 4.42. The van der Waals surface area contributed by atoms with Crippen LogP contribution >= 0.6 is 31.9 Å². The first-order valence-corrected chi connectivity index (χ1v) is 7.74. The predicted molar refractivity (Wildman–Crippen MR) is 86.9 cm³/mol. The zero-order valence-electron chi connectivity index (χ0n) is 10.7. The molecule has 0 unspecified atom stereocenters. The number of halogens is 2. The van der Waals surface area contributed by atoms with Crippen LogP contribution < -0.4 is 5.32 Å². The second-order valence-electron chi connectivity index (χ2n) is 4.45. The van der Waals surface area contributed by atoms with E-state index in [9.17, 15) is 0 Å². The molecule has 0 aliphatic carbocycles. The lowest BCUT2D eigenvalue weighted by Gasteiger charge is -2.17. The van der Waals surface area contributed by atoms with E-state index >= 15 is 0 Å². The number of aromatic nitrogens is 3. The minimum atomic E-state index is 0.131. The summed E-state index contributed by atoms with van der Waals surface area (Å²) in [5.41, 5.74) is 2.12. The van der Waals surface area contributed by atoms with Crippen molar-refractivity contribution in [2.24, 2.45) is 0 Å². The molecule has 0 saturated heterocycles. The van der Waals surface area contributed by atoms with Crippen LogP contribution in [-0.4, -0.2) is 14.6 Å². The fourth-order valence-corrected chi connectivity index (χ4v) is 3.21. The molecule has 4 nitrogen and oxygen atoms in total. The number of anilines is 1. The Bertz CT molecular complexity index is 754. The molecule has 3 rings (SSSR count). The van der Waals surface area contributed by atoms with Crippen molar-refractivity contribution < 1.29 is 0 Å². The van der Waals surface area contributed by atoms with Crippen LogP contribution in [0.2, 0.25) is 0 Å². The van der Waals surface area contributed by atoms with E-state index in [1.54, 1.807) is 16.9 Å². The zero-order valence-corrected chi connectivity index (χ0v) is 13.9. The van der Waals surface area contributed by atoms with Crippen LogP contribution in [-0.2, 0) is 0 Å². The molecule has 0 spiro atoms. The van der Waals surface area contributed by atoms with Gasteiger partial charge in [-0.2, -0.15) is 5.10 Å². The Kier molecular flexibility index (Phi) is 3.76. The number of hydrogen-bond donors (Lipinski definition) is 1. The van der Waals surface area contributed by atoms with Gasteiger partial charge in [-0.3, -0.25) is 0 Å². The largest absolute Gasteiger partial charge is 0.362 e. The van der Waals surface area contributed by atoms with E-state index < -0.39 is 0 Å². The maximum Gasteiger partial charge on any atom is 0.153 e. The van der Waals surface area contributed by atoms with Gasteiger partial charge in [0.05, 0.1) is 16.7 Å². The van der Waals surface area contributed by atoms with Crippen molar-refractivity contribution in [3.63, 3.8) is 0 Å². The Morgan fingerprint density at radius 1 is 1.20 bits per heavy atom. The van der Waals surface area contributed by atoms with Gasteiger partial charge in [0.2, 0.25) is 0 Å². The molecule has 1 atom stereocenters. The molecule has 2 aromatic heterocycles. The van der Waals surface area contributed by atoms with E-state index in [0.717, 1.165) is 20.3 Å². The maximum absolute atomic E-state index is 4.42. The third-order valence-corrected chi connectivity index (χ3v) is 4.41. The average Bonchev–Trinajstić information content (AvgIpc) is 2.82. The van der Waals surface area contributed by atoms with Gasteiger partial charge in [-0.1, -0.05) is 34.1 Å². The summed E-state index contributed by atoms with van der Waals surface area (Å²) in [6.07, 6.45) is 5.33. The molecule has 0 saturated carbocycles. The minimum absolute atomic E-state index is 0.131. The van der Waals surface area contributed by atoms with Gasteiger partial charge in [0, 0.05) is 16.9 Å². The summed E-state index contributed by atoms with van der Waals surface area (Å²) in [5.74, 6) is 0.806. The summed E-state index contributed by atoms with van der Waals surface area (Å²) in [6, 6.07) is 8.29. The SMILES string of the molecule is C[C@@H](Nc1nccn2ncc(Br)c12)c1ccccc1Br. The number of nitrogens with one attached hydrogen (secondary N) is 1. The van der Waals surface area contributed by atoms with Crippen molar-refractivity contribution in [1.29, 1.82) is 0 Å². The normalized spacial score (nSPS) is 12.6. The highest BCUT2D eigenvalue weighted by atomic mass is 79.9. The fraction of sp³-hybridized carbons (Fsp3) is 0.143. The second-order valence-corrected chi connectivity index (χ2v) is 6.16. The molecule has 6 heteroatoms. The van der Waals surface area contributed by atoms with Gasteiger partial charge < -0.3 is 5.32 Å². The van der Waals surface area contributed by atoms with Crippen LogP contribution in [0.4, 0.5) is 5.82 Å². The second kappa shape index (κ2) is 5.54. The lowest BCUT2D eigenvalue weighted by atomic mass is 10.1. The molecular formula is C14H12Br2N4. The predicted octanol–water partition coefficient (Wildman–Crippen LogP) is 4.43. The standard InChI is InChI=1S/C14H12Br2N4/c1-9(10-4-2-3-5-11(10)15)19-14-13-12(16)8-18-20(13)7-6-17-14/h2-9H,1H3,(H,17,19)/t9-/m1/s1. The van der Waals surface area contributed by atoms with Gasteiger partial charge >= 0.3 is 0 Å². The van der Waals surface area contributed by atoms with Crippen molar-refractivity contribution >= 4 is 43.2 Å². The first kappa shape index (κ1) is 13.6. The Labute approximate surface area is 133 Å². The summed E-state index contributed by atoms with van der Waals surface area (Å²) in [7, 11) is 0. The highest BCUT2D eigenvalue weighted by Crippen LogP contribution is 2.29. The molecule has 0 aliphatic heterocycles. The third-order valence-electron chi connectivity index (χ3n) is 3.11. The summed E-state index contributed by atoms with van der Waals surface area (Å²) in [4.78, 5) is 4.42. The summed E-state index contributed by atoms with van der Waals surface area (Å²) in [6.45, 7) is 2.11. The van der Waals surface area contributed by atoms with Gasteiger partial charge in [0.1, 0.15) is 5.52 Å². The van der Waals surface area contributed by atoms with E-state index in [-0.39, 0.29) is 6.04 Å². The van der Waals surface area contributed by atoms with E-state index in [1.165, 1.54) is 5.56 Å². The van der Waals surface area contributed by atoms with E-state index in [1.807, 2.05) is 24.4 Å². The molecular weight excluding hydrogens is 384 g/mol. The monoisotopic (exact) mass is 394 g/mol. The highest BCUT2D eigenvalue weighted by Gasteiger charge is 2.13. The lowest BCUT2D eigenvalue weighted by Crippen LogP contribution is -2.09. The van der Waals surface area contributed by atoms with Crippen molar-refractivity contribution in [1.82, 2.24) is 14.6 Å². The molecule has 0 aliphatic rings. The summed E-state index contributed by atoms with van der Waals surface area (Å²) < 4.78 is 3.80. The fourth-order valence-electron chi connectivity index (χ4n) is 2.12. The van der Waals surface area contributed by atoms with E-state index in [2.05, 4.69) is 60.2 Å². The number of rotatable bonds is 3. The molecule has 1 N–H and O–H groups in total. The van der Waals surface area contributed by atoms with E-state index in [0.29, 0.717) is 0 Å². The number of nitrogens with zero attached hydrogens (tertiary/aromatic N) is 3. The smallest absolute Gasteiger partial charge is 0.153 e. The molecule has 0 radical (unpaired) electrons. The number of benzene rings is 1. The number of fused-ring (bicyclic) bond motifs is 1. The zero-order chi connectivity index (χ0) is 14.1. The Hall–Kier alpha value is -1.40. The summed E-state index contributed by atoms with van der Waals surface area (Å²) >= 11 is 7.09. The van der Waals surface area contributed by atoms with E-state index in [4.69, 9.17) is 0 Å². The third kappa shape index (κ3) is 2.45. The van der Waals surface area contributed by atoms with Gasteiger partial charge in [-0.15, -0.1) is 0 Å². The molecule has 1 aromatic carbocycles. The van der Waals surface area contributed by atoms with Crippen molar-refractivity contribution in [3.8, 4) is 0 Å². The van der Waals surface area contributed by atoms with Gasteiger partial charge in [-0.25, -0.2) is 9.50 Å². The van der Waals surface area contributed by atoms with Gasteiger partial charge in [0.15, 0.2) is 5.82 Å². The molecule has 0 bridgehead atoms. The molecule has 102 valence electrons. The van der Waals surface area contributed by atoms with Crippen LogP contribution in [0.15, 0.2) is 51.8 Å². The van der Waals surface area contributed by atoms with Crippen molar-refractivity contribution in [2.75, 3.05) is 5.32 Å². The molecule has 20 heavy (non-hydrogen) atoms. The Balaban J connectivity index is 1.97. The molecule has 0 amide bonds. The van der Waals surface area contributed by atoms with Crippen LogP contribution in [0.5, 0.6) is 0 Å². The Morgan fingerprint density at radius 2 is 2.00 bits per heavy atom. The van der Waals surface area contributed by atoms with Crippen molar-refractivity contribution in [3.05, 3.63) is 57.4 Å². The Morgan fingerprint density at radius 3 is 2.80 bits per heavy atom. The summed E-state index contributed by atoms with van der Waals surface area (Å²) in [5, 5.41) is 7.69. The quantitative estimate of drug-likeness (QED) is 0.713. The highest BCUT2D eigenvalue weighted by molar-refractivity contribution is 9.11. The van der Waals surface area contributed by atoms with Gasteiger partial charge in [0.25, 0.3) is 0 Å². The molecule has 2 heterocycles. The number of hydrogen-bond acceptors (Lipinski definition) is 3. The van der Waals surface area contributed by atoms with Crippen LogP contribution in [0, 0.1) is 0 Å². The van der Waals surface area contributed by atoms with Gasteiger partial charge in [-0.05, 0) is 34.5 Å². The first-order valence-electron chi connectivity index (χ1n) is 6.15. The minimum Gasteiger partial charge on any atom is -0.362 e. The van der Waals surface area contributed by atoms with Crippen LogP contribution in [0.25, 0.3) is 5.52 Å². The molecule has 0 fully saturated rings. The van der Waals surface area contributed by atoms with Crippen LogP contribution in [0.3, 0.4) is 0 Å². The molecule has 3 aromatic rings.